The fraction of sp³-hybridized carbons (Fsp3) is 0.692. The van der Waals surface area contributed by atoms with Crippen LogP contribution in [0, 0.1) is 5.92 Å². The number of hydrogen-bond donors (Lipinski definition) is 1. The van der Waals surface area contributed by atoms with Crippen LogP contribution in [0.15, 0.2) is 12.2 Å². The smallest absolute Gasteiger partial charge is 0.328 e. The second-order valence-electron chi connectivity index (χ2n) is 4.53. The van der Waals surface area contributed by atoms with Crippen LogP contribution in [-0.4, -0.2) is 34.5 Å². The van der Waals surface area contributed by atoms with Crippen molar-refractivity contribution >= 4 is 11.9 Å². The van der Waals surface area contributed by atoms with E-state index in [1.54, 1.807) is 4.90 Å². The van der Waals surface area contributed by atoms with Crippen LogP contribution in [0.25, 0.3) is 0 Å². The highest BCUT2D eigenvalue weighted by atomic mass is 16.4. The average Bonchev–Trinajstić information content (AvgIpc) is 2.25. The zero-order chi connectivity index (χ0) is 13.4. The van der Waals surface area contributed by atoms with Crippen molar-refractivity contribution in [1.82, 2.24) is 4.90 Å². The Morgan fingerprint density at radius 1 is 1.18 bits per heavy atom. The van der Waals surface area contributed by atoms with Crippen molar-refractivity contribution in [2.45, 2.75) is 46.6 Å². The third-order valence-electron chi connectivity index (χ3n) is 2.60. The van der Waals surface area contributed by atoms with E-state index in [0.717, 1.165) is 25.0 Å². The molecule has 0 aromatic carbocycles. The number of carbonyl (C=O) groups is 2. The van der Waals surface area contributed by atoms with E-state index in [9.17, 15) is 9.59 Å². The summed E-state index contributed by atoms with van der Waals surface area (Å²) in [5.41, 5.74) is 0. The van der Waals surface area contributed by atoms with Crippen molar-refractivity contribution in [3.63, 3.8) is 0 Å². The molecule has 0 aliphatic rings. The van der Waals surface area contributed by atoms with E-state index < -0.39 is 5.97 Å². The molecule has 0 fully saturated rings. The zero-order valence-corrected chi connectivity index (χ0v) is 11.1. The first kappa shape index (κ1) is 15.7. The highest BCUT2D eigenvalue weighted by Crippen LogP contribution is 2.12. The lowest BCUT2D eigenvalue weighted by Gasteiger charge is -2.31. The topological polar surface area (TPSA) is 57.6 Å². The van der Waals surface area contributed by atoms with Gasteiger partial charge in [-0.05, 0) is 18.8 Å². The molecule has 1 N–H and O–H groups in total. The third kappa shape index (κ3) is 6.09. The van der Waals surface area contributed by atoms with E-state index in [1.165, 1.54) is 0 Å². The van der Waals surface area contributed by atoms with Crippen molar-refractivity contribution in [2.24, 2.45) is 5.92 Å². The van der Waals surface area contributed by atoms with Gasteiger partial charge in [-0.2, -0.15) is 0 Å². The molecule has 0 radical (unpaired) electrons. The first-order valence-corrected chi connectivity index (χ1v) is 6.13. The Bertz CT molecular complexity index is 280. The molecule has 0 saturated heterocycles. The summed E-state index contributed by atoms with van der Waals surface area (Å²) in [6.07, 6.45) is 3.81. The van der Waals surface area contributed by atoms with Crippen LogP contribution in [0.1, 0.15) is 40.5 Å². The van der Waals surface area contributed by atoms with Crippen LogP contribution in [-0.2, 0) is 9.59 Å². The molecule has 0 saturated carbocycles. The summed E-state index contributed by atoms with van der Waals surface area (Å²) in [5.74, 6) is -0.931. The van der Waals surface area contributed by atoms with Gasteiger partial charge in [0.15, 0.2) is 0 Å². The largest absolute Gasteiger partial charge is 0.478 e. The molecule has 0 aliphatic carbocycles. The van der Waals surface area contributed by atoms with E-state index in [2.05, 4.69) is 0 Å². The fourth-order valence-electron chi connectivity index (χ4n) is 1.78. The molecule has 0 heterocycles. The Labute approximate surface area is 103 Å². The van der Waals surface area contributed by atoms with Crippen molar-refractivity contribution < 1.29 is 14.7 Å². The molecule has 0 spiro atoms. The number of carboxylic acids is 1. The van der Waals surface area contributed by atoms with Crippen LogP contribution < -0.4 is 0 Å². The molecule has 0 unspecified atom stereocenters. The number of carbonyl (C=O) groups excluding carboxylic acids is 1. The van der Waals surface area contributed by atoms with Gasteiger partial charge in [0.05, 0.1) is 0 Å². The average molecular weight is 241 g/mol. The van der Waals surface area contributed by atoms with Gasteiger partial charge < -0.3 is 10.0 Å². The molecule has 0 rings (SSSR count). The van der Waals surface area contributed by atoms with Gasteiger partial charge in [-0.25, -0.2) is 4.79 Å². The molecule has 4 nitrogen and oxygen atoms in total. The maximum atomic E-state index is 11.9. The first-order chi connectivity index (χ1) is 7.92. The summed E-state index contributed by atoms with van der Waals surface area (Å²) in [6, 6.07) is 0.184. The van der Waals surface area contributed by atoms with Gasteiger partial charge in [0.1, 0.15) is 0 Å². The molecule has 0 bridgehead atoms. The van der Waals surface area contributed by atoms with Gasteiger partial charge in [0, 0.05) is 24.7 Å². The van der Waals surface area contributed by atoms with Gasteiger partial charge in [-0.15, -0.1) is 0 Å². The minimum atomic E-state index is -1.09. The highest BCUT2D eigenvalue weighted by molar-refractivity contribution is 5.94. The van der Waals surface area contributed by atoms with Gasteiger partial charge in [0.2, 0.25) is 5.91 Å². The number of carboxylic acid groups (broad SMARTS) is 1. The Hall–Kier alpha value is -1.32. The summed E-state index contributed by atoms with van der Waals surface area (Å²) < 4.78 is 0. The second kappa shape index (κ2) is 7.87. The summed E-state index contributed by atoms with van der Waals surface area (Å²) in [5, 5.41) is 8.52. The number of rotatable bonds is 7. The van der Waals surface area contributed by atoms with Crippen LogP contribution in [0.2, 0.25) is 0 Å². The minimum absolute atomic E-state index is 0.184. The van der Waals surface area contributed by atoms with E-state index in [-0.39, 0.29) is 11.9 Å². The van der Waals surface area contributed by atoms with Gasteiger partial charge >= 0.3 is 5.97 Å². The Morgan fingerprint density at radius 2 is 1.71 bits per heavy atom. The minimum Gasteiger partial charge on any atom is -0.478 e. The van der Waals surface area contributed by atoms with E-state index in [1.807, 2.05) is 27.7 Å². The molecule has 0 aromatic heterocycles. The van der Waals surface area contributed by atoms with E-state index in [0.29, 0.717) is 12.5 Å². The summed E-state index contributed by atoms with van der Waals surface area (Å²) in [4.78, 5) is 24.1. The lowest BCUT2D eigenvalue weighted by Crippen LogP contribution is -2.41. The lowest BCUT2D eigenvalue weighted by atomic mass is 10.1. The van der Waals surface area contributed by atoms with Crippen LogP contribution in [0.3, 0.4) is 0 Å². The molecule has 17 heavy (non-hydrogen) atoms. The molecule has 0 aliphatic heterocycles. The predicted octanol–water partition coefficient (Wildman–Crippen LogP) is 2.30. The molecular weight excluding hydrogens is 218 g/mol. The lowest BCUT2D eigenvalue weighted by molar-refractivity contribution is -0.133. The van der Waals surface area contributed by atoms with Crippen LogP contribution in [0.5, 0.6) is 0 Å². The summed E-state index contributed by atoms with van der Waals surface area (Å²) in [7, 11) is 0. The van der Waals surface area contributed by atoms with Gasteiger partial charge in [0.25, 0.3) is 0 Å². The van der Waals surface area contributed by atoms with Crippen molar-refractivity contribution in [3.8, 4) is 0 Å². The number of aliphatic carboxylic acids is 1. The predicted molar refractivity (Wildman–Crippen MR) is 67.7 cm³/mol. The SMILES string of the molecule is CCC(CC)N(CC(C)C)C(=O)C=CC(=O)O. The number of hydrogen-bond acceptors (Lipinski definition) is 2. The van der Waals surface area contributed by atoms with E-state index >= 15 is 0 Å². The van der Waals surface area contributed by atoms with Crippen molar-refractivity contribution in [3.05, 3.63) is 12.2 Å². The highest BCUT2D eigenvalue weighted by Gasteiger charge is 2.20. The Kier molecular flexibility index (Phi) is 7.26. The first-order valence-electron chi connectivity index (χ1n) is 6.13. The third-order valence-corrected chi connectivity index (χ3v) is 2.60. The Balaban J connectivity index is 4.77. The molecule has 4 heteroatoms. The van der Waals surface area contributed by atoms with Crippen molar-refractivity contribution in [1.29, 1.82) is 0 Å². The zero-order valence-electron chi connectivity index (χ0n) is 11.1. The standard InChI is InChI=1S/C13H23NO3/c1-5-11(6-2)14(9-10(3)4)12(15)7-8-13(16)17/h7-8,10-11H,5-6,9H2,1-4H3,(H,16,17). The van der Waals surface area contributed by atoms with Crippen LogP contribution in [0.4, 0.5) is 0 Å². The van der Waals surface area contributed by atoms with Gasteiger partial charge in [-0.3, -0.25) is 4.79 Å². The summed E-state index contributed by atoms with van der Waals surface area (Å²) in [6.45, 7) is 8.83. The molecule has 0 aromatic rings. The van der Waals surface area contributed by atoms with Gasteiger partial charge in [-0.1, -0.05) is 27.7 Å². The van der Waals surface area contributed by atoms with Crippen LogP contribution >= 0.6 is 0 Å². The second-order valence-corrected chi connectivity index (χ2v) is 4.53. The molecule has 1 amide bonds. The van der Waals surface area contributed by atoms with Crippen molar-refractivity contribution in [2.75, 3.05) is 6.54 Å². The molecular formula is C13H23NO3. The maximum absolute atomic E-state index is 11.9. The number of amides is 1. The fourth-order valence-corrected chi connectivity index (χ4v) is 1.78. The summed E-state index contributed by atoms with van der Waals surface area (Å²) >= 11 is 0. The molecule has 0 atom stereocenters. The maximum Gasteiger partial charge on any atom is 0.328 e. The Morgan fingerprint density at radius 3 is 2.06 bits per heavy atom. The normalized spacial score (nSPS) is 11.4. The molecule has 98 valence electrons. The van der Waals surface area contributed by atoms with E-state index in [4.69, 9.17) is 5.11 Å². The quantitative estimate of drug-likeness (QED) is 0.696. The monoisotopic (exact) mass is 241 g/mol. The number of nitrogens with zero attached hydrogens (tertiary/aromatic N) is 1.